The number of aromatic nitrogens is 8. The summed E-state index contributed by atoms with van der Waals surface area (Å²) in [6, 6.07) is 9.22. The molecule has 14 heteroatoms. The Hall–Kier alpha value is -4.91. The molecule has 0 aliphatic carbocycles. The summed E-state index contributed by atoms with van der Waals surface area (Å²) in [6.45, 7) is 0.873. The summed E-state index contributed by atoms with van der Waals surface area (Å²) < 4.78 is 20.1. The SMILES string of the molecule is O=C1CCCN1C[C@@H](c1ccc(-c2c(-n3cnnn3)ccc(Cl)c2F)c[n+]1O)n1cc(-c2cc[n+](O)cc2)cn1. The smallest absolute Gasteiger partial charge is 0.260 e. The average Bonchev–Trinajstić information content (AvgIpc) is 3.73. The van der Waals surface area contributed by atoms with Crippen LogP contribution in [-0.4, -0.2) is 64.3 Å². The van der Waals surface area contributed by atoms with Gasteiger partial charge in [-0.1, -0.05) is 11.6 Å². The van der Waals surface area contributed by atoms with Gasteiger partial charge in [0.05, 0.1) is 34.6 Å². The molecule has 1 amide bonds. The number of nitrogens with zero attached hydrogens (tertiary/aromatic N) is 9. The summed E-state index contributed by atoms with van der Waals surface area (Å²) in [7, 11) is 0. The van der Waals surface area contributed by atoms with Crippen LogP contribution in [0.4, 0.5) is 4.39 Å². The molecule has 40 heavy (non-hydrogen) atoms. The van der Waals surface area contributed by atoms with Gasteiger partial charge in [0.15, 0.2) is 11.9 Å². The Balaban J connectivity index is 1.41. The number of pyridine rings is 2. The lowest BCUT2D eigenvalue weighted by Crippen LogP contribution is -2.42. The first kappa shape index (κ1) is 25.4. The molecule has 2 N–H and O–H groups in total. The third-order valence-electron chi connectivity index (χ3n) is 6.89. The molecule has 1 aliphatic rings. The highest BCUT2D eigenvalue weighted by atomic mass is 35.5. The van der Waals surface area contributed by atoms with Crippen molar-refractivity contribution in [3.8, 4) is 27.9 Å². The summed E-state index contributed by atoms with van der Waals surface area (Å²) in [4.78, 5) is 14.2. The summed E-state index contributed by atoms with van der Waals surface area (Å²) in [6.07, 6.45) is 10.4. The van der Waals surface area contributed by atoms with Crippen LogP contribution in [0.25, 0.3) is 27.9 Å². The zero-order valence-electron chi connectivity index (χ0n) is 20.9. The number of rotatable bonds is 7. The third kappa shape index (κ3) is 4.71. The lowest BCUT2D eigenvalue weighted by atomic mass is 10.0. The fraction of sp³-hybridized carbons (Fsp3) is 0.192. The van der Waals surface area contributed by atoms with Crippen molar-refractivity contribution in [3.05, 3.63) is 90.2 Å². The monoisotopic (exact) mass is 563 g/mol. The van der Waals surface area contributed by atoms with Crippen molar-refractivity contribution in [1.29, 1.82) is 0 Å². The standard InChI is InChI=1S/C26H23ClFN9O3/c27-20-4-6-22(36-16-29-31-32-36)25(26(20)28)18-3-5-21(37(40)14-18)23(15-33-9-1-2-24(33)38)35-13-19(12-30-35)17-7-10-34(39)11-8-17/h3-8,10-14,16,23,39-40H,1-2,9,15H2/q+2/t23-/m0/s1. The van der Waals surface area contributed by atoms with Crippen LogP contribution in [0.15, 0.2) is 73.7 Å². The maximum atomic E-state index is 15.3. The molecule has 0 spiro atoms. The number of halogens is 2. The molecule has 4 aromatic heterocycles. The Kier molecular flexibility index (Phi) is 6.56. The topological polar surface area (TPSA) is 130 Å². The number of hydrogen-bond acceptors (Lipinski definition) is 7. The number of benzene rings is 1. The van der Waals surface area contributed by atoms with Gasteiger partial charge >= 0.3 is 0 Å². The molecule has 1 aromatic carbocycles. The predicted octanol–water partition coefficient (Wildman–Crippen LogP) is 2.25. The number of likely N-dealkylation sites (tertiary alicyclic amines) is 1. The van der Waals surface area contributed by atoms with Crippen LogP contribution in [0.1, 0.15) is 24.6 Å². The van der Waals surface area contributed by atoms with Gasteiger partial charge in [-0.15, -0.1) is 5.10 Å². The van der Waals surface area contributed by atoms with Gasteiger partial charge in [0.1, 0.15) is 6.33 Å². The predicted molar refractivity (Wildman–Crippen MR) is 136 cm³/mol. The molecular weight excluding hydrogens is 541 g/mol. The average molecular weight is 564 g/mol. The van der Waals surface area contributed by atoms with Crippen molar-refractivity contribution in [2.75, 3.05) is 13.1 Å². The second kappa shape index (κ2) is 10.3. The first-order chi connectivity index (χ1) is 19.4. The van der Waals surface area contributed by atoms with Gasteiger partial charge in [0.25, 0.3) is 5.69 Å². The van der Waals surface area contributed by atoms with Crippen LogP contribution in [0, 0.1) is 5.82 Å². The van der Waals surface area contributed by atoms with Crippen LogP contribution in [0.2, 0.25) is 5.02 Å². The minimum Gasteiger partial charge on any atom is -0.340 e. The van der Waals surface area contributed by atoms with E-state index in [2.05, 4.69) is 20.6 Å². The van der Waals surface area contributed by atoms with Crippen molar-refractivity contribution in [1.82, 2.24) is 34.9 Å². The fourth-order valence-electron chi connectivity index (χ4n) is 4.88. The summed E-state index contributed by atoms with van der Waals surface area (Å²) >= 11 is 6.10. The molecule has 1 aliphatic heterocycles. The summed E-state index contributed by atoms with van der Waals surface area (Å²) in [5.41, 5.74) is 2.80. The van der Waals surface area contributed by atoms with Crippen LogP contribution in [0.5, 0.6) is 0 Å². The van der Waals surface area contributed by atoms with Crippen molar-refractivity contribution < 1.29 is 29.1 Å². The molecule has 12 nitrogen and oxygen atoms in total. The second-order valence-electron chi connectivity index (χ2n) is 9.33. The maximum Gasteiger partial charge on any atom is 0.260 e. The molecule has 0 radical (unpaired) electrons. The highest BCUT2D eigenvalue weighted by Crippen LogP contribution is 2.33. The zero-order chi connectivity index (χ0) is 27.8. The molecular formula is C26H23ClFN9O3+2. The molecule has 0 bridgehead atoms. The Morgan fingerprint density at radius 1 is 1.07 bits per heavy atom. The molecule has 5 heterocycles. The zero-order valence-corrected chi connectivity index (χ0v) is 21.7. The van der Waals surface area contributed by atoms with Crippen molar-refractivity contribution in [2.45, 2.75) is 18.9 Å². The quantitative estimate of drug-likeness (QED) is 0.229. The fourth-order valence-corrected chi connectivity index (χ4v) is 5.03. The van der Waals surface area contributed by atoms with Gasteiger partial charge < -0.3 is 4.90 Å². The van der Waals surface area contributed by atoms with Gasteiger partial charge in [-0.05, 0) is 40.6 Å². The van der Waals surface area contributed by atoms with E-state index in [1.165, 1.54) is 35.7 Å². The van der Waals surface area contributed by atoms with Crippen LogP contribution in [0.3, 0.4) is 0 Å². The van der Waals surface area contributed by atoms with E-state index in [0.29, 0.717) is 29.9 Å². The minimum atomic E-state index is -0.689. The normalized spacial score (nSPS) is 14.2. The van der Waals surface area contributed by atoms with Crippen molar-refractivity contribution >= 4 is 17.5 Å². The summed E-state index contributed by atoms with van der Waals surface area (Å²) in [5, 5.41) is 36.3. The lowest BCUT2D eigenvalue weighted by molar-refractivity contribution is -0.910. The number of carbonyl (C=O) groups is 1. The third-order valence-corrected chi connectivity index (χ3v) is 7.18. The number of amides is 1. The van der Waals surface area contributed by atoms with Gasteiger partial charge in [0.2, 0.25) is 24.5 Å². The summed E-state index contributed by atoms with van der Waals surface area (Å²) in [5.74, 6) is -0.661. The first-order valence-corrected chi connectivity index (χ1v) is 12.8. The molecule has 6 rings (SSSR count). The highest BCUT2D eigenvalue weighted by Gasteiger charge is 2.32. The molecule has 0 saturated carbocycles. The Bertz CT molecular complexity index is 1690. The molecule has 1 fully saturated rings. The Morgan fingerprint density at radius 2 is 1.90 bits per heavy atom. The number of hydrogen-bond donors (Lipinski definition) is 2. The van der Waals surface area contributed by atoms with Crippen LogP contribution >= 0.6 is 11.6 Å². The maximum absolute atomic E-state index is 15.3. The van der Waals surface area contributed by atoms with E-state index in [-0.39, 0.29) is 23.0 Å². The highest BCUT2D eigenvalue weighted by molar-refractivity contribution is 6.31. The second-order valence-corrected chi connectivity index (χ2v) is 9.74. The van der Waals surface area contributed by atoms with Gasteiger partial charge in [-0.2, -0.15) is 9.78 Å². The molecule has 0 unspecified atom stereocenters. The van der Waals surface area contributed by atoms with E-state index < -0.39 is 11.9 Å². The van der Waals surface area contributed by atoms with Crippen molar-refractivity contribution in [3.63, 3.8) is 0 Å². The first-order valence-electron chi connectivity index (χ1n) is 12.4. The van der Waals surface area contributed by atoms with E-state index in [4.69, 9.17) is 11.6 Å². The molecule has 1 saturated heterocycles. The van der Waals surface area contributed by atoms with E-state index in [1.807, 2.05) is 6.20 Å². The van der Waals surface area contributed by atoms with Crippen LogP contribution in [-0.2, 0) is 4.79 Å². The number of carbonyl (C=O) groups excluding carboxylic acids is 1. The lowest BCUT2D eigenvalue weighted by Gasteiger charge is -2.22. The largest absolute Gasteiger partial charge is 0.340 e. The van der Waals surface area contributed by atoms with Gasteiger partial charge in [-0.3, -0.25) is 19.9 Å². The van der Waals surface area contributed by atoms with Crippen LogP contribution < -0.4 is 9.46 Å². The number of tetrazole rings is 1. The van der Waals surface area contributed by atoms with E-state index in [9.17, 15) is 15.2 Å². The molecule has 1 atom stereocenters. The van der Waals surface area contributed by atoms with Crippen molar-refractivity contribution in [2.24, 2.45) is 0 Å². The van der Waals surface area contributed by atoms with E-state index in [1.54, 1.807) is 46.1 Å². The minimum absolute atomic E-state index is 0.0288. The Labute approximate surface area is 231 Å². The van der Waals surface area contributed by atoms with E-state index in [0.717, 1.165) is 27.0 Å². The van der Waals surface area contributed by atoms with Gasteiger partial charge in [0, 0.05) is 52.4 Å². The van der Waals surface area contributed by atoms with E-state index >= 15 is 4.39 Å². The molecule has 5 aromatic rings. The molecule has 202 valence electrons. The Morgan fingerprint density at radius 3 is 2.60 bits per heavy atom. The van der Waals surface area contributed by atoms with Gasteiger partial charge in [-0.25, -0.2) is 4.39 Å².